The number of benzene rings is 3. The first-order valence-corrected chi connectivity index (χ1v) is 13.6. The summed E-state index contributed by atoms with van der Waals surface area (Å²) in [6.45, 7) is 14.6. The Morgan fingerprint density at radius 3 is 2.40 bits per heavy atom. The summed E-state index contributed by atoms with van der Waals surface area (Å²) in [7, 11) is 1.27. The molecule has 0 spiro atoms. The second-order valence-electron chi connectivity index (χ2n) is 10.3. The lowest BCUT2D eigenvalue weighted by Gasteiger charge is -2.16. The van der Waals surface area contributed by atoms with Crippen LogP contribution in [0.3, 0.4) is 0 Å². The van der Waals surface area contributed by atoms with Gasteiger partial charge in [0.15, 0.2) is 0 Å². The fraction of sp³-hybridized carbons (Fsp3) is 0.273. The Balaban J connectivity index is 1.55. The molecule has 208 valence electrons. The van der Waals surface area contributed by atoms with Crippen molar-refractivity contribution >= 4 is 34.4 Å². The quantitative estimate of drug-likeness (QED) is 0.130. The van der Waals surface area contributed by atoms with Crippen LogP contribution >= 0.6 is 11.6 Å². The summed E-state index contributed by atoms with van der Waals surface area (Å²) < 4.78 is 12.3. The zero-order valence-corrected chi connectivity index (χ0v) is 24.6. The topological polar surface area (TPSA) is 69.6 Å². The average Bonchev–Trinajstić information content (AvgIpc) is 3.17. The molecular formula is C33H35ClN2O4. The number of nitrogens with zero attached hydrogens (tertiary/aromatic N) is 1. The Bertz CT molecular complexity index is 1600. The van der Waals surface area contributed by atoms with Crippen LogP contribution in [0.5, 0.6) is 5.75 Å². The lowest BCUT2D eigenvalue weighted by atomic mass is 9.98. The van der Waals surface area contributed by atoms with E-state index >= 15 is 0 Å². The summed E-state index contributed by atoms with van der Waals surface area (Å²) in [6.07, 6.45) is 0. The number of carbonyl (C=O) groups excluding carboxylic acids is 2. The standard InChI is InChI=1S/C33H35ClN2O4/c1-19(2)24-9-8-10-25(15-24)21(4)35-32(37)26-12-14-31-29(16-26)20(3)22(5)36(31)18-27-11-13-28(17-30(27)34)40-23(6)33(38)39-7/h8-17,19,21H,6,18H2,1-5,7H3,(H,35,37)/t21-/m0/s1. The van der Waals surface area contributed by atoms with Gasteiger partial charge < -0.3 is 19.4 Å². The normalized spacial score (nSPS) is 11.9. The number of amides is 1. The maximum Gasteiger partial charge on any atom is 0.373 e. The second kappa shape index (κ2) is 12.0. The molecule has 40 heavy (non-hydrogen) atoms. The van der Waals surface area contributed by atoms with Crippen molar-refractivity contribution in [3.05, 3.63) is 112 Å². The smallest absolute Gasteiger partial charge is 0.373 e. The van der Waals surface area contributed by atoms with Crippen molar-refractivity contribution in [3.63, 3.8) is 0 Å². The Hall–Kier alpha value is -4.03. The second-order valence-corrected chi connectivity index (χ2v) is 10.7. The van der Waals surface area contributed by atoms with Crippen LogP contribution in [0.15, 0.2) is 73.0 Å². The molecule has 4 rings (SSSR count). The molecule has 0 aliphatic carbocycles. The van der Waals surface area contributed by atoms with Gasteiger partial charge >= 0.3 is 5.97 Å². The molecule has 0 aliphatic heterocycles. The molecule has 7 heteroatoms. The molecule has 1 heterocycles. The fourth-order valence-corrected chi connectivity index (χ4v) is 4.96. The molecule has 6 nitrogen and oxygen atoms in total. The van der Waals surface area contributed by atoms with Gasteiger partial charge in [-0.3, -0.25) is 4.79 Å². The molecule has 0 unspecified atom stereocenters. The first-order valence-electron chi connectivity index (χ1n) is 13.2. The zero-order valence-electron chi connectivity index (χ0n) is 23.8. The highest BCUT2D eigenvalue weighted by molar-refractivity contribution is 6.31. The van der Waals surface area contributed by atoms with E-state index in [1.165, 1.54) is 12.7 Å². The van der Waals surface area contributed by atoms with Gasteiger partial charge in [-0.2, -0.15) is 0 Å². The lowest BCUT2D eigenvalue weighted by Crippen LogP contribution is -2.26. The van der Waals surface area contributed by atoms with Gasteiger partial charge in [0.1, 0.15) is 5.75 Å². The molecule has 1 N–H and O–H groups in total. The molecular weight excluding hydrogens is 524 g/mol. The molecule has 0 saturated carbocycles. The molecule has 1 amide bonds. The van der Waals surface area contributed by atoms with Gasteiger partial charge in [0.2, 0.25) is 5.76 Å². The lowest BCUT2D eigenvalue weighted by molar-refractivity contribution is -0.138. The highest BCUT2D eigenvalue weighted by Gasteiger charge is 2.18. The minimum atomic E-state index is -0.645. The van der Waals surface area contributed by atoms with E-state index in [2.05, 4.69) is 61.0 Å². The Kier molecular flexibility index (Phi) is 8.70. The van der Waals surface area contributed by atoms with Crippen LogP contribution in [0.2, 0.25) is 5.02 Å². The number of esters is 1. The van der Waals surface area contributed by atoms with E-state index in [9.17, 15) is 9.59 Å². The number of aromatic nitrogens is 1. The molecule has 0 aliphatic rings. The number of aryl methyl sites for hydroxylation is 1. The molecule has 0 saturated heterocycles. The Labute approximate surface area is 240 Å². The average molecular weight is 559 g/mol. The third kappa shape index (κ3) is 6.07. The van der Waals surface area contributed by atoms with Crippen molar-refractivity contribution in [1.82, 2.24) is 9.88 Å². The van der Waals surface area contributed by atoms with Gasteiger partial charge in [0, 0.05) is 33.7 Å². The van der Waals surface area contributed by atoms with Crippen LogP contribution in [-0.2, 0) is 16.1 Å². The van der Waals surface area contributed by atoms with Gasteiger partial charge in [0.25, 0.3) is 5.91 Å². The van der Waals surface area contributed by atoms with Crippen molar-refractivity contribution in [2.75, 3.05) is 7.11 Å². The highest BCUT2D eigenvalue weighted by atomic mass is 35.5. The summed E-state index contributed by atoms with van der Waals surface area (Å²) in [5.74, 6) is -0.0507. The third-order valence-electron chi connectivity index (χ3n) is 7.33. The number of rotatable bonds is 9. The number of halogens is 1. The van der Waals surface area contributed by atoms with Crippen molar-refractivity contribution in [3.8, 4) is 5.75 Å². The first-order chi connectivity index (χ1) is 19.0. The van der Waals surface area contributed by atoms with E-state index in [0.717, 1.165) is 33.3 Å². The fourth-order valence-electron chi connectivity index (χ4n) is 4.73. The van der Waals surface area contributed by atoms with Crippen molar-refractivity contribution in [2.24, 2.45) is 0 Å². The molecule has 1 aromatic heterocycles. The SMILES string of the molecule is C=C(Oc1ccc(Cn2c(C)c(C)c3cc(C(=O)N[C@@H](C)c4cccc(C(C)C)c4)ccc32)c(Cl)c1)C(=O)OC. The highest BCUT2D eigenvalue weighted by Crippen LogP contribution is 2.30. The predicted octanol–water partition coefficient (Wildman–Crippen LogP) is 7.64. The molecule has 3 aromatic carbocycles. The van der Waals surface area contributed by atoms with E-state index in [1.54, 1.807) is 12.1 Å². The van der Waals surface area contributed by atoms with Crippen LogP contribution in [0.1, 0.15) is 71.0 Å². The van der Waals surface area contributed by atoms with Crippen molar-refractivity contribution in [1.29, 1.82) is 0 Å². The largest absolute Gasteiger partial charge is 0.463 e. The number of methoxy groups -OCH3 is 1. The summed E-state index contributed by atoms with van der Waals surface area (Å²) >= 11 is 6.59. The maximum atomic E-state index is 13.2. The van der Waals surface area contributed by atoms with E-state index in [0.29, 0.717) is 28.8 Å². The number of ether oxygens (including phenoxy) is 2. The summed E-state index contributed by atoms with van der Waals surface area (Å²) in [6, 6.07) is 19.3. The van der Waals surface area contributed by atoms with Crippen molar-refractivity contribution < 1.29 is 19.1 Å². The molecule has 4 aromatic rings. The van der Waals surface area contributed by atoms with Crippen LogP contribution < -0.4 is 10.1 Å². The van der Waals surface area contributed by atoms with E-state index in [1.807, 2.05) is 43.3 Å². The molecule has 0 fully saturated rings. The Morgan fingerprint density at radius 2 is 1.73 bits per heavy atom. The summed E-state index contributed by atoms with van der Waals surface area (Å²) in [5, 5.41) is 4.67. The van der Waals surface area contributed by atoms with Gasteiger partial charge in [-0.1, -0.05) is 55.8 Å². The van der Waals surface area contributed by atoms with Gasteiger partial charge in [-0.25, -0.2) is 4.79 Å². The van der Waals surface area contributed by atoms with E-state index in [-0.39, 0.29) is 17.7 Å². The van der Waals surface area contributed by atoms with Crippen LogP contribution in [0, 0.1) is 13.8 Å². The van der Waals surface area contributed by atoms with E-state index < -0.39 is 5.97 Å². The number of carbonyl (C=O) groups is 2. The first kappa shape index (κ1) is 29.0. The van der Waals surface area contributed by atoms with Crippen LogP contribution in [-0.4, -0.2) is 23.6 Å². The number of hydrogen-bond donors (Lipinski definition) is 1. The van der Waals surface area contributed by atoms with Gasteiger partial charge in [-0.05, 0) is 85.9 Å². The van der Waals surface area contributed by atoms with E-state index in [4.69, 9.17) is 16.3 Å². The summed E-state index contributed by atoms with van der Waals surface area (Å²) in [4.78, 5) is 24.8. The van der Waals surface area contributed by atoms with Crippen molar-refractivity contribution in [2.45, 2.75) is 53.1 Å². The third-order valence-corrected chi connectivity index (χ3v) is 7.69. The molecule has 0 radical (unpaired) electrons. The molecule has 0 bridgehead atoms. The number of hydrogen-bond acceptors (Lipinski definition) is 4. The number of nitrogens with one attached hydrogen (secondary N) is 1. The zero-order chi connectivity index (χ0) is 29.1. The maximum absolute atomic E-state index is 13.2. The minimum Gasteiger partial charge on any atom is -0.463 e. The van der Waals surface area contributed by atoms with Crippen LogP contribution in [0.4, 0.5) is 0 Å². The van der Waals surface area contributed by atoms with Crippen LogP contribution in [0.25, 0.3) is 10.9 Å². The monoisotopic (exact) mass is 558 g/mol. The minimum absolute atomic E-state index is 0.110. The number of fused-ring (bicyclic) bond motifs is 1. The van der Waals surface area contributed by atoms with Gasteiger partial charge in [-0.15, -0.1) is 0 Å². The summed E-state index contributed by atoms with van der Waals surface area (Å²) in [5.41, 5.74) is 7.04. The molecule has 1 atom stereocenters. The Morgan fingerprint density at radius 1 is 1.00 bits per heavy atom. The van der Waals surface area contributed by atoms with Gasteiger partial charge in [0.05, 0.1) is 13.2 Å². The predicted molar refractivity (Wildman–Crippen MR) is 160 cm³/mol.